The quantitative estimate of drug-likeness (QED) is 0.840. The molecule has 2 aliphatic carbocycles. The van der Waals surface area contributed by atoms with E-state index >= 15 is 0 Å². The first-order valence-electron chi connectivity index (χ1n) is 6.58. The molecule has 2 bridgehead atoms. The Morgan fingerprint density at radius 1 is 1.44 bits per heavy atom. The number of thiophene rings is 1. The van der Waals surface area contributed by atoms with Crippen molar-refractivity contribution in [2.24, 2.45) is 17.8 Å². The van der Waals surface area contributed by atoms with Gasteiger partial charge in [0.2, 0.25) is 0 Å². The molecule has 4 unspecified atom stereocenters. The Balaban J connectivity index is 1.52. The zero-order valence-corrected chi connectivity index (χ0v) is 10.8. The summed E-state index contributed by atoms with van der Waals surface area (Å²) < 4.78 is 0. The average Bonchev–Trinajstić information content (AvgIpc) is 3.01. The number of hydrogen-bond donors (Lipinski definition) is 1. The Bertz CT molecular complexity index is 333. The molecule has 0 aromatic carbocycles. The van der Waals surface area contributed by atoms with Crippen LogP contribution in [-0.2, 0) is 6.54 Å². The van der Waals surface area contributed by atoms with Crippen LogP contribution in [0.2, 0.25) is 0 Å². The van der Waals surface area contributed by atoms with Crippen LogP contribution in [0.3, 0.4) is 0 Å². The van der Waals surface area contributed by atoms with Gasteiger partial charge in [-0.3, -0.25) is 0 Å². The first-order valence-corrected chi connectivity index (χ1v) is 7.46. The van der Waals surface area contributed by atoms with E-state index in [0.29, 0.717) is 6.04 Å². The van der Waals surface area contributed by atoms with E-state index in [-0.39, 0.29) is 0 Å². The third-order valence-electron chi connectivity index (χ3n) is 4.61. The van der Waals surface area contributed by atoms with Crippen molar-refractivity contribution >= 4 is 11.3 Å². The number of nitrogens with one attached hydrogen (secondary N) is 1. The standard InChI is InChI=1S/C14H21NS/c1-10(15-9-13-3-2-6-16-13)14-8-11-4-5-12(14)7-11/h2-3,6,10-12,14-15H,4-5,7-9H2,1H3. The maximum absolute atomic E-state index is 3.72. The molecular formula is C14H21NS. The van der Waals surface area contributed by atoms with Crippen molar-refractivity contribution in [3.05, 3.63) is 22.4 Å². The Kier molecular flexibility index (Phi) is 3.03. The lowest BCUT2D eigenvalue weighted by atomic mass is 9.84. The minimum atomic E-state index is 0.706. The summed E-state index contributed by atoms with van der Waals surface area (Å²) in [5.41, 5.74) is 0. The molecule has 1 N–H and O–H groups in total. The fourth-order valence-corrected chi connectivity index (χ4v) is 4.39. The molecule has 1 aromatic rings. The maximum Gasteiger partial charge on any atom is 0.0302 e. The van der Waals surface area contributed by atoms with E-state index in [2.05, 4.69) is 29.8 Å². The van der Waals surface area contributed by atoms with Crippen LogP contribution in [0.4, 0.5) is 0 Å². The lowest BCUT2D eigenvalue weighted by Gasteiger charge is -2.28. The van der Waals surface area contributed by atoms with Crippen molar-refractivity contribution in [2.45, 2.75) is 45.2 Å². The molecule has 0 radical (unpaired) electrons. The van der Waals surface area contributed by atoms with E-state index in [1.807, 2.05) is 11.3 Å². The van der Waals surface area contributed by atoms with Crippen LogP contribution >= 0.6 is 11.3 Å². The van der Waals surface area contributed by atoms with E-state index in [1.165, 1.54) is 30.6 Å². The number of rotatable bonds is 4. The number of hydrogen-bond acceptors (Lipinski definition) is 2. The van der Waals surface area contributed by atoms with Crippen molar-refractivity contribution in [3.8, 4) is 0 Å². The fraction of sp³-hybridized carbons (Fsp3) is 0.714. The van der Waals surface area contributed by atoms with Crippen LogP contribution < -0.4 is 5.32 Å². The highest BCUT2D eigenvalue weighted by molar-refractivity contribution is 7.09. The summed E-state index contributed by atoms with van der Waals surface area (Å²) in [5, 5.41) is 5.89. The second-order valence-corrected chi connectivity index (χ2v) is 6.62. The van der Waals surface area contributed by atoms with Crippen molar-refractivity contribution in [1.29, 1.82) is 0 Å². The highest BCUT2D eigenvalue weighted by Gasteiger charge is 2.41. The predicted octanol–water partition coefficient (Wildman–Crippen LogP) is 3.66. The molecule has 1 heterocycles. The summed E-state index contributed by atoms with van der Waals surface area (Å²) in [6.45, 7) is 3.45. The molecule has 88 valence electrons. The molecule has 2 saturated carbocycles. The van der Waals surface area contributed by atoms with E-state index in [9.17, 15) is 0 Å². The van der Waals surface area contributed by atoms with Gasteiger partial charge in [-0.1, -0.05) is 12.5 Å². The summed E-state index contributed by atoms with van der Waals surface area (Å²) >= 11 is 1.86. The maximum atomic E-state index is 3.72. The van der Waals surface area contributed by atoms with Gasteiger partial charge in [0.1, 0.15) is 0 Å². The molecule has 16 heavy (non-hydrogen) atoms. The van der Waals surface area contributed by atoms with E-state index < -0.39 is 0 Å². The molecule has 2 fully saturated rings. The number of fused-ring (bicyclic) bond motifs is 2. The van der Waals surface area contributed by atoms with E-state index in [0.717, 1.165) is 24.3 Å². The molecule has 2 aliphatic rings. The minimum Gasteiger partial charge on any atom is -0.309 e. The molecule has 0 spiro atoms. The van der Waals surface area contributed by atoms with Crippen molar-refractivity contribution in [1.82, 2.24) is 5.32 Å². The smallest absolute Gasteiger partial charge is 0.0302 e. The normalized spacial score (nSPS) is 34.4. The molecule has 0 aliphatic heterocycles. The second kappa shape index (κ2) is 4.50. The SMILES string of the molecule is CC(NCc1cccs1)C1CC2CCC1C2. The molecule has 2 heteroatoms. The van der Waals surface area contributed by atoms with Crippen molar-refractivity contribution in [2.75, 3.05) is 0 Å². The lowest BCUT2D eigenvalue weighted by Crippen LogP contribution is -2.35. The van der Waals surface area contributed by atoms with Gasteiger partial charge >= 0.3 is 0 Å². The Hall–Kier alpha value is -0.340. The van der Waals surface area contributed by atoms with Crippen molar-refractivity contribution < 1.29 is 0 Å². The Labute approximate surface area is 102 Å². The van der Waals surface area contributed by atoms with Gasteiger partial charge in [-0.05, 0) is 55.4 Å². The van der Waals surface area contributed by atoms with Crippen LogP contribution in [0, 0.1) is 17.8 Å². The highest BCUT2D eigenvalue weighted by atomic mass is 32.1. The third kappa shape index (κ3) is 2.05. The van der Waals surface area contributed by atoms with Gasteiger partial charge in [0, 0.05) is 17.5 Å². The topological polar surface area (TPSA) is 12.0 Å². The monoisotopic (exact) mass is 235 g/mol. The van der Waals surface area contributed by atoms with Gasteiger partial charge < -0.3 is 5.32 Å². The zero-order chi connectivity index (χ0) is 11.0. The molecule has 1 aromatic heterocycles. The summed E-state index contributed by atoms with van der Waals surface area (Å²) in [7, 11) is 0. The third-order valence-corrected chi connectivity index (χ3v) is 5.49. The lowest BCUT2D eigenvalue weighted by molar-refractivity contribution is 0.260. The van der Waals surface area contributed by atoms with Gasteiger partial charge in [-0.2, -0.15) is 0 Å². The zero-order valence-electron chi connectivity index (χ0n) is 9.99. The predicted molar refractivity (Wildman–Crippen MR) is 69.6 cm³/mol. The van der Waals surface area contributed by atoms with Crippen LogP contribution in [-0.4, -0.2) is 6.04 Å². The van der Waals surface area contributed by atoms with E-state index in [1.54, 1.807) is 0 Å². The molecule has 3 rings (SSSR count). The van der Waals surface area contributed by atoms with Crippen LogP contribution in [0.15, 0.2) is 17.5 Å². The van der Waals surface area contributed by atoms with Crippen LogP contribution in [0.25, 0.3) is 0 Å². The molecule has 0 saturated heterocycles. The summed E-state index contributed by atoms with van der Waals surface area (Å²) in [6, 6.07) is 5.08. The van der Waals surface area contributed by atoms with Gasteiger partial charge in [0.05, 0.1) is 0 Å². The fourth-order valence-electron chi connectivity index (χ4n) is 3.73. The molecular weight excluding hydrogens is 214 g/mol. The van der Waals surface area contributed by atoms with Gasteiger partial charge in [0.25, 0.3) is 0 Å². The Morgan fingerprint density at radius 3 is 3.00 bits per heavy atom. The largest absolute Gasteiger partial charge is 0.309 e. The van der Waals surface area contributed by atoms with Crippen LogP contribution in [0.5, 0.6) is 0 Å². The highest BCUT2D eigenvalue weighted by Crippen LogP contribution is 2.49. The Morgan fingerprint density at radius 2 is 2.38 bits per heavy atom. The second-order valence-electron chi connectivity index (χ2n) is 5.59. The molecule has 4 atom stereocenters. The minimum absolute atomic E-state index is 0.706. The first kappa shape index (κ1) is 10.8. The molecule has 0 amide bonds. The summed E-state index contributed by atoms with van der Waals surface area (Å²) in [6.07, 6.45) is 6.03. The summed E-state index contributed by atoms with van der Waals surface area (Å²) in [5.74, 6) is 3.07. The first-order chi connectivity index (χ1) is 7.83. The van der Waals surface area contributed by atoms with Crippen LogP contribution in [0.1, 0.15) is 37.5 Å². The van der Waals surface area contributed by atoms with Crippen molar-refractivity contribution in [3.63, 3.8) is 0 Å². The van der Waals surface area contributed by atoms with Gasteiger partial charge in [-0.25, -0.2) is 0 Å². The van der Waals surface area contributed by atoms with Gasteiger partial charge in [0.15, 0.2) is 0 Å². The summed E-state index contributed by atoms with van der Waals surface area (Å²) in [4.78, 5) is 1.47. The van der Waals surface area contributed by atoms with Gasteiger partial charge in [-0.15, -0.1) is 11.3 Å². The van der Waals surface area contributed by atoms with E-state index in [4.69, 9.17) is 0 Å². The average molecular weight is 235 g/mol. The molecule has 1 nitrogen and oxygen atoms in total.